The summed E-state index contributed by atoms with van der Waals surface area (Å²) in [5, 5.41) is 3.64. The first kappa shape index (κ1) is 15.7. The summed E-state index contributed by atoms with van der Waals surface area (Å²) >= 11 is 0. The fourth-order valence-electron chi connectivity index (χ4n) is 2.69. The van der Waals surface area contributed by atoms with E-state index in [1.807, 2.05) is 0 Å². The number of imidazole rings is 1. The van der Waals surface area contributed by atoms with E-state index in [0.29, 0.717) is 5.92 Å². The number of hydrogen-bond donors (Lipinski definition) is 1. The normalized spacial score (nSPS) is 18.1. The molecule has 2 heterocycles. The van der Waals surface area contributed by atoms with Crippen LogP contribution in [0.2, 0.25) is 0 Å². The van der Waals surface area contributed by atoms with Crippen molar-refractivity contribution < 1.29 is 4.21 Å². The lowest BCUT2D eigenvalue weighted by Crippen LogP contribution is -2.25. The molecule has 4 nitrogen and oxygen atoms in total. The van der Waals surface area contributed by atoms with Crippen LogP contribution < -0.4 is 5.32 Å². The van der Waals surface area contributed by atoms with Crippen molar-refractivity contribution in [2.24, 2.45) is 5.92 Å². The second-order valence-electron chi connectivity index (χ2n) is 6.20. The molecule has 0 saturated carbocycles. The fraction of sp³-hybridized carbons (Fsp3) is 0.800. The number of rotatable bonds is 6. The predicted octanol–water partition coefficient (Wildman–Crippen LogP) is 1.88. The highest BCUT2D eigenvalue weighted by Crippen LogP contribution is 2.19. The van der Waals surface area contributed by atoms with Gasteiger partial charge in [0.1, 0.15) is 5.82 Å². The molecule has 1 aromatic rings. The molecule has 1 N–H and O–H groups in total. The summed E-state index contributed by atoms with van der Waals surface area (Å²) in [5.41, 5.74) is 2.62. The van der Waals surface area contributed by atoms with Crippen molar-refractivity contribution in [1.29, 1.82) is 0 Å². The van der Waals surface area contributed by atoms with E-state index in [2.05, 4.69) is 30.7 Å². The van der Waals surface area contributed by atoms with E-state index in [9.17, 15) is 4.21 Å². The Kier molecular flexibility index (Phi) is 5.38. The number of nitrogens with one attached hydrogen (secondary N) is 1. The summed E-state index contributed by atoms with van der Waals surface area (Å²) in [6.45, 7) is 9.42. The third kappa shape index (κ3) is 3.70. The molecule has 20 heavy (non-hydrogen) atoms. The first-order valence-corrected chi connectivity index (χ1v) is 9.21. The minimum absolute atomic E-state index is 0.252. The van der Waals surface area contributed by atoms with E-state index in [1.54, 1.807) is 6.26 Å². The first-order valence-electron chi connectivity index (χ1n) is 7.59. The Labute approximate surface area is 124 Å². The van der Waals surface area contributed by atoms with Crippen LogP contribution in [0.3, 0.4) is 0 Å². The minimum atomic E-state index is -0.737. The van der Waals surface area contributed by atoms with Gasteiger partial charge in [-0.2, -0.15) is 0 Å². The van der Waals surface area contributed by atoms with Gasteiger partial charge in [-0.15, -0.1) is 0 Å². The average molecular weight is 297 g/mol. The Morgan fingerprint density at radius 2 is 2.15 bits per heavy atom. The van der Waals surface area contributed by atoms with Crippen LogP contribution in [0, 0.1) is 5.92 Å². The van der Waals surface area contributed by atoms with E-state index in [1.165, 1.54) is 17.2 Å². The zero-order valence-corrected chi connectivity index (χ0v) is 13.9. The van der Waals surface area contributed by atoms with Crippen molar-refractivity contribution in [3.05, 3.63) is 17.2 Å². The topological polar surface area (TPSA) is 46.9 Å². The second-order valence-corrected chi connectivity index (χ2v) is 8.00. The van der Waals surface area contributed by atoms with Crippen LogP contribution in [0.15, 0.2) is 0 Å². The molecular formula is C15H27N3OS. The Hall–Kier alpha value is -0.680. The van der Waals surface area contributed by atoms with Crippen LogP contribution in [0.5, 0.6) is 0 Å². The third-order valence-corrected chi connectivity index (χ3v) is 5.35. The molecule has 1 aliphatic heterocycles. The summed E-state index contributed by atoms with van der Waals surface area (Å²) < 4.78 is 13.9. The molecule has 0 amide bonds. The lowest BCUT2D eigenvalue weighted by Gasteiger charge is -2.18. The van der Waals surface area contributed by atoms with E-state index in [4.69, 9.17) is 4.98 Å². The van der Waals surface area contributed by atoms with Crippen molar-refractivity contribution >= 4 is 10.8 Å². The second kappa shape index (κ2) is 6.85. The fourth-order valence-corrected chi connectivity index (χ4v) is 3.13. The molecule has 114 valence electrons. The quantitative estimate of drug-likeness (QED) is 0.872. The van der Waals surface area contributed by atoms with Gasteiger partial charge in [0.05, 0.1) is 5.69 Å². The lowest BCUT2D eigenvalue weighted by atomic mass is 10.1. The number of fused-ring (bicyclic) bond motifs is 1. The van der Waals surface area contributed by atoms with E-state index < -0.39 is 10.8 Å². The SMILES string of the molecule is CC(C)Cc1nc2c(n1CCC(C)S(C)=O)CCNC2. The maximum absolute atomic E-state index is 11.5. The molecule has 1 aliphatic rings. The van der Waals surface area contributed by atoms with Gasteiger partial charge in [-0.25, -0.2) is 4.98 Å². The molecule has 0 radical (unpaired) electrons. The van der Waals surface area contributed by atoms with E-state index in [0.717, 1.165) is 38.9 Å². The maximum atomic E-state index is 11.5. The molecular weight excluding hydrogens is 270 g/mol. The molecule has 0 bridgehead atoms. The van der Waals surface area contributed by atoms with Crippen LogP contribution >= 0.6 is 0 Å². The number of hydrogen-bond acceptors (Lipinski definition) is 3. The van der Waals surface area contributed by atoms with Gasteiger partial charge >= 0.3 is 0 Å². The number of aromatic nitrogens is 2. The van der Waals surface area contributed by atoms with Gasteiger partial charge in [0.15, 0.2) is 0 Å². The highest BCUT2D eigenvalue weighted by molar-refractivity contribution is 7.84. The van der Waals surface area contributed by atoms with Crippen LogP contribution in [0.25, 0.3) is 0 Å². The van der Waals surface area contributed by atoms with E-state index >= 15 is 0 Å². The minimum Gasteiger partial charge on any atom is -0.332 e. The van der Waals surface area contributed by atoms with Crippen LogP contribution in [0.4, 0.5) is 0 Å². The van der Waals surface area contributed by atoms with E-state index in [-0.39, 0.29) is 5.25 Å². The van der Waals surface area contributed by atoms with Crippen molar-refractivity contribution in [3.63, 3.8) is 0 Å². The highest BCUT2D eigenvalue weighted by atomic mass is 32.2. The molecule has 5 heteroatoms. The summed E-state index contributed by atoms with van der Waals surface area (Å²) in [4.78, 5) is 4.84. The maximum Gasteiger partial charge on any atom is 0.109 e. The predicted molar refractivity (Wildman–Crippen MR) is 84.3 cm³/mol. The Morgan fingerprint density at radius 1 is 1.40 bits per heavy atom. The van der Waals surface area contributed by atoms with Gasteiger partial charge in [0.25, 0.3) is 0 Å². The van der Waals surface area contributed by atoms with Gasteiger partial charge in [0, 0.05) is 60.5 Å². The molecule has 0 saturated heterocycles. The highest BCUT2D eigenvalue weighted by Gasteiger charge is 2.20. The molecule has 0 fully saturated rings. The Bertz CT molecular complexity index is 482. The third-order valence-electron chi connectivity index (χ3n) is 3.98. The van der Waals surface area contributed by atoms with Crippen molar-refractivity contribution in [2.45, 2.75) is 58.4 Å². The summed E-state index contributed by atoms with van der Waals surface area (Å²) in [7, 11) is -0.737. The largest absolute Gasteiger partial charge is 0.332 e. The molecule has 2 rings (SSSR count). The summed E-state index contributed by atoms with van der Waals surface area (Å²) in [5.74, 6) is 1.83. The van der Waals surface area contributed by atoms with Gasteiger partial charge < -0.3 is 9.88 Å². The average Bonchev–Trinajstić information content (AvgIpc) is 2.72. The Balaban J connectivity index is 2.19. The van der Waals surface area contributed by atoms with Gasteiger partial charge in [-0.05, 0) is 12.3 Å². The first-order chi connectivity index (χ1) is 9.49. The van der Waals surface area contributed by atoms with Crippen LogP contribution in [-0.4, -0.2) is 31.8 Å². The van der Waals surface area contributed by atoms with Crippen molar-refractivity contribution in [2.75, 3.05) is 12.8 Å². The van der Waals surface area contributed by atoms with Gasteiger partial charge in [0.2, 0.25) is 0 Å². The molecule has 0 spiro atoms. The van der Waals surface area contributed by atoms with Crippen LogP contribution in [-0.2, 0) is 36.7 Å². The monoisotopic (exact) mass is 297 g/mol. The standard InChI is InChI=1S/C15H27N3OS/c1-11(2)9-15-17-13-10-16-7-5-14(13)18(15)8-6-12(3)20(4)19/h11-12,16H,5-10H2,1-4H3. The van der Waals surface area contributed by atoms with Gasteiger partial charge in [-0.1, -0.05) is 20.8 Å². The molecule has 0 aromatic carbocycles. The summed E-state index contributed by atoms with van der Waals surface area (Å²) in [6, 6.07) is 0. The summed E-state index contributed by atoms with van der Waals surface area (Å²) in [6.07, 6.45) is 4.85. The number of nitrogens with zero attached hydrogens (tertiary/aromatic N) is 2. The zero-order chi connectivity index (χ0) is 14.7. The smallest absolute Gasteiger partial charge is 0.109 e. The lowest BCUT2D eigenvalue weighted by molar-refractivity contribution is 0.531. The molecule has 0 aliphatic carbocycles. The van der Waals surface area contributed by atoms with Gasteiger partial charge in [-0.3, -0.25) is 4.21 Å². The van der Waals surface area contributed by atoms with Crippen LogP contribution in [0.1, 0.15) is 44.4 Å². The molecule has 2 atom stereocenters. The van der Waals surface area contributed by atoms with Crippen molar-refractivity contribution in [1.82, 2.24) is 14.9 Å². The molecule has 2 unspecified atom stereocenters. The molecule has 1 aromatic heterocycles. The Morgan fingerprint density at radius 3 is 2.80 bits per heavy atom. The zero-order valence-electron chi connectivity index (χ0n) is 13.1. The van der Waals surface area contributed by atoms with Crippen molar-refractivity contribution in [3.8, 4) is 0 Å².